The number of rotatable bonds is 5. The van der Waals surface area contributed by atoms with Crippen molar-refractivity contribution in [2.24, 2.45) is 5.73 Å². The van der Waals surface area contributed by atoms with Crippen molar-refractivity contribution in [1.29, 1.82) is 0 Å². The summed E-state index contributed by atoms with van der Waals surface area (Å²) in [6, 6.07) is 41.4. The van der Waals surface area contributed by atoms with Gasteiger partial charge in [-0.2, -0.15) is 0 Å². The molecule has 0 unspecified atom stereocenters. The zero-order chi connectivity index (χ0) is 29.4. The highest BCUT2D eigenvalue weighted by Gasteiger charge is 2.19. The predicted octanol–water partition coefficient (Wildman–Crippen LogP) is 11.9. The average molecular weight is 603 g/mol. The average Bonchev–Trinajstić information content (AvgIpc) is 3.74. The lowest BCUT2D eigenvalue weighted by molar-refractivity contribution is 0.669. The van der Waals surface area contributed by atoms with Gasteiger partial charge >= 0.3 is 0 Å². The topological polar surface area (TPSA) is 42.4 Å². The number of nitrogens with zero attached hydrogens (tertiary/aromatic N) is 1. The Labute approximate surface area is 261 Å². The smallest absolute Gasteiger partial charge is 0.137 e. The Kier molecular flexibility index (Phi) is 5.69. The third-order valence-corrected chi connectivity index (χ3v) is 10.9. The molecule has 0 spiro atoms. The van der Waals surface area contributed by atoms with E-state index in [2.05, 4.69) is 115 Å². The predicted molar refractivity (Wildman–Crippen MR) is 192 cm³/mol. The van der Waals surface area contributed by atoms with Gasteiger partial charge in [-0.25, -0.2) is 0 Å². The quantitative estimate of drug-likeness (QED) is 0.213. The van der Waals surface area contributed by atoms with Crippen molar-refractivity contribution < 1.29 is 4.42 Å². The van der Waals surface area contributed by atoms with Crippen molar-refractivity contribution in [2.45, 2.75) is 6.54 Å². The Morgan fingerprint density at radius 3 is 2.00 bits per heavy atom. The molecule has 44 heavy (non-hydrogen) atoms. The Morgan fingerprint density at radius 2 is 1.20 bits per heavy atom. The molecule has 0 aliphatic heterocycles. The molecule has 0 radical (unpaired) electrons. The summed E-state index contributed by atoms with van der Waals surface area (Å²) in [4.78, 5) is 2.35. The normalized spacial score (nSPS) is 11.9. The van der Waals surface area contributed by atoms with Crippen molar-refractivity contribution in [3.8, 4) is 0 Å². The lowest BCUT2D eigenvalue weighted by Crippen LogP contribution is -2.09. The zero-order valence-corrected chi connectivity index (χ0v) is 25.3. The lowest BCUT2D eigenvalue weighted by atomic mass is 10.0. The number of nitrogens with two attached hydrogens (primary N) is 1. The van der Waals surface area contributed by atoms with Gasteiger partial charge in [0, 0.05) is 80.8 Å². The van der Waals surface area contributed by atoms with E-state index in [0.29, 0.717) is 6.54 Å². The van der Waals surface area contributed by atoms with Crippen molar-refractivity contribution in [3.05, 3.63) is 133 Å². The van der Waals surface area contributed by atoms with Crippen molar-refractivity contribution >= 4 is 108 Å². The van der Waals surface area contributed by atoms with Gasteiger partial charge in [0.1, 0.15) is 11.2 Å². The number of furan rings is 1. The van der Waals surface area contributed by atoms with Crippen LogP contribution in [0.2, 0.25) is 0 Å². The Balaban J connectivity index is 1.28. The summed E-state index contributed by atoms with van der Waals surface area (Å²) in [5.74, 6) is 0. The maximum absolute atomic E-state index is 6.34. The molecule has 5 heteroatoms. The molecule has 9 aromatic rings. The summed E-state index contributed by atoms with van der Waals surface area (Å²) >= 11 is 3.65. The molecule has 0 aliphatic rings. The monoisotopic (exact) mass is 602 g/mol. The molecular formula is C39H26N2OS2. The summed E-state index contributed by atoms with van der Waals surface area (Å²) in [7, 11) is 0. The van der Waals surface area contributed by atoms with E-state index in [4.69, 9.17) is 10.2 Å². The first kappa shape index (κ1) is 25.5. The molecule has 0 fully saturated rings. The highest BCUT2D eigenvalue weighted by atomic mass is 32.1. The number of benzene rings is 6. The molecule has 3 aromatic heterocycles. The van der Waals surface area contributed by atoms with Crippen LogP contribution in [0.4, 0.5) is 17.1 Å². The van der Waals surface area contributed by atoms with Gasteiger partial charge in [-0.15, -0.1) is 22.7 Å². The first-order valence-electron chi connectivity index (χ1n) is 14.6. The van der Waals surface area contributed by atoms with Crippen LogP contribution in [0, 0.1) is 0 Å². The van der Waals surface area contributed by atoms with Crippen LogP contribution in [0.1, 0.15) is 11.1 Å². The second-order valence-corrected chi connectivity index (χ2v) is 13.3. The summed E-state index contributed by atoms with van der Waals surface area (Å²) < 4.78 is 11.4. The van der Waals surface area contributed by atoms with Gasteiger partial charge in [0.05, 0.1) is 0 Å². The molecule has 9 rings (SSSR count). The van der Waals surface area contributed by atoms with Crippen molar-refractivity contribution in [2.75, 3.05) is 4.90 Å². The molecule has 2 N–H and O–H groups in total. The Morgan fingerprint density at radius 1 is 0.591 bits per heavy atom. The molecule has 0 saturated heterocycles. The molecule has 210 valence electrons. The van der Waals surface area contributed by atoms with Gasteiger partial charge in [0.15, 0.2) is 0 Å². The molecule has 0 bridgehead atoms. The van der Waals surface area contributed by atoms with Crippen LogP contribution < -0.4 is 10.6 Å². The summed E-state index contributed by atoms with van der Waals surface area (Å²) in [6.45, 7) is 4.61. The maximum atomic E-state index is 6.34. The van der Waals surface area contributed by atoms with E-state index in [9.17, 15) is 0 Å². The van der Waals surface area contributed by atoms with Gasteiger partial charge in [-0.1, -0.05) is 67.3 Å². The van der Waals surface area contributed by atoms with Crippen LogP contribution in [0.3, 0.4) is 0 Å². The van der Waals surface area contributed by atoms with Crippen molar-refractivity contribution in [1.82, 2.24) is 0 Å². The minimum absolute atomic E-state index is 0.491. The SMILES string of the molecule is C=Cc1c(CN)ccc2sc3cc(N(c4ccc5c(c4)oc4ccccc45)c4ccc5c(c4)sc4ccccc45)ccc3c12. The number of para-hydroxylation sites is 1. The molecule has 0 saturated carbocycles. The number of hydrogen-bond acceptors (Lipinski definition) is 5. The molecule has 0 amide bonds. The lowest BCUT2D eigenvalue weighted by Gasteiger charge is -2.25. The number of thiophene rings is 2. The van der Waals surface area contributed by atoms with Gasteiger partial charge in [-0.05, 0) is 65.7 Å². The number of hydrogen-bond donors (Lipinski definition) is 1. The zero-order valence-electron chi connectivity index (χ0n) is 23.7. The molecule has 0 atom stereocenters. The van der Waals surface area contributed by atoms with Crippen molar-refractivity contribution in [3.63, 3.8) is 0 Å². The second kappa shape index (κ2) is 9.79. The molecule has 3 nitrogen and oxygen atoms in total. The highest BCUT2D eigenvalue weighted by Crippen LogP contribution is 2.45. The standard InChI is InChI=1S/C39H26N2OS2/c1-2-27-23(22-40)11-18-36-39(27)32-17-14-26(21-38(32)44-36)41(24-12-15-29-28-7-3-5-9-33(28)42-34(29)19-24)25-13-16-31-30-8-4-6-10-35(30)43-37(31)20-25/h2-21H,1,22,40H2. The number of anilines is 3. The minimum atomic E-state index is 0.491. The first-order chi connectivity index (χ1) is 21.7. The van der Waals surface area contributed by atoms with Crippen LogP contribution in [-0.2, 0) is 6.54 Å². The first-order valence-corrected chi connectivity index (χ1v) is 16.3. The van der Waals surface area contributed by atoms with Gasteiger partial charge in [-0.3, -0.25) is 0 Å². The van der Waals surface area contributed by atoms with E-state index in [1.165, 1.54) is 40.3 Å². The highest BCUT2D eigenvalue weighted by molar-refractivity contribution is 7.26. The van der Waals surface area contributed by atoms with Crippen LogP contribution in [-0.4, -0.2) is 0 Å². The van der Waals surface area contributed by atoms with E-state index in [0.717, 1.165) is 50.1 Å². The molecular weight excluding hydrogens is 577 g/mol. The fourth-order valence-electron chi connectivity index (χ4n) is 6.63. The van der Waals surface area contributed by atoms with E-state index in [1.807, 2.05) is 40.9 Å². The molecule has 3 heterocycles. The Bertz CT molecular complexity index is 2470. The van der Waals surface area contributed by atoms with E-state index in [-0.39, 0.29) is 0 Å². The largest absolute Gasteiger partial charge is 0.456 e. The Hall–Kier alpha value is -4.94. The fraction of sp³-hybridized carbons (Fsp3) is 0.0256. The summed E-state index contributed by atoms with van der Waals surface area (Å²) in [5.41, 5.74) is 13.4. The maximum Gasteiger partial charge on any atom is 0.137 e. The van der Waals surface area contributed by atoms with Crippen LogP contribution >= 0.6 is 22.7 Å². The summed E-state index contributed by atoms with van der Waals surface area (Å²) in [5, 5.41) is 7.30. The molecule has 6 aromatic carbocycles. The second-order valence-electron chi connectivity index (χ2n) is 11.1. The van der Waals surface area contributed by atoms with Crippen LogP contribution in [0.15, 0.2) is 126 Å². The van der Waals surface area contributed by atoms with Gasteiger partial charge < -0.3 is 15.1 Å². The van der Waals surface area contributed by atoms with Crippen LogP contribution in [0.5, 0.6) is 0 Å². The van der Waals surface area contributed by atoms with E-state index < -0.39 is 0 Å². The molecule has 0 aliphatic carbocycles. The van der Waals surface area contributed by atoms with E-state index in [1.54, 1.807) is 0 Å². The summed E-state index contributed by atoms with van der Waals surface area (Å²) in [6.07, 6.45) is 1.94. The fourth-order valence-corrected chi connectivity index (χ4v) is 8.92. The third-order valence-electron chi connectivity index (χ3n) is 8.68. The van der Waals surface area contributed by atoms with Crippen LogP contribution in [0.25, 0.3) is 68.4 Å². The van der Waals surface area contributed by atoms with Gasteiger partial charge in [0.2, 0.25) is 0 Å². The minimum Gasteiger partial charge on any atom is -0.456 e. The van der Waals surface area contributed by atoms with E-state index >= 15 is 0 Å². The third kappa shape index (κ3) is 3.77. The van der Waals surface area contributed by atoms with Gasteiger partial charge in [0.25, 0.3) is 0 Å². The number of fused-ring (bicyclic) bond motifs is 9.